The Balaban J connectivity index is 2.47. The van der Waals surface area contributed by atoms with E-state index in [1.165, 1.54) is 12.5 Å². The Hall–Kier alpha value is -1.68. The van der Waals surface area contributed by atoms with Crippen LogP contribution in [-0.4, -0.2) is 11.5 Å². The minimum Gasteiger partial charge on any atom is -0.445 e. The molecule has 2 rings (SSSR count). The second-order valence-corrected chi connectivity index (χ2v) is 3.21. The van der Waals surface area contributed by atoms with Crippen molar-refractivity contribution >= 4 is 0 Å². The average Bonchev–Trinajstić information content (AvgIpc) is 2.83. The molecule has 3 nitrogen and oxygen atoms in total. The normalized spacial score (nSPS) is 14.8. The lowest BCUT2D eigenvalue weighted by atomic mass is 9.96. The van der Waals surface area contributed by atoms with Gasteiger partial charge in [0.15, 0.2) is 0 Å². The second kappa shape index (κ2) is 3.82. The number of rotatable bonds is 3. The van der Waals surface area contributed by atoms with Crippen LogP contribution < -0.4 is 5.73 Å². The van der Waals surface area contributed by atoms with Crippen molar-refractivity contribution in [3.63, 3.8) is 0 Å². The van der Waals surface area contributed by atoms with Crippen molar-refractivity contribution < 1.29 is 8.81 Å². The third-order valence-corrected chi connectivity index (χ3v) is 2.28. The first-order valence-corrected chi connectivity index (χ1v) is 4.62. The van der Waals surface area contributed by atoms with Gasteiger partial charge in [0.1, 0.15) is 6.26 Å². The van der Waals surface area contributed by atoms with Crippen LogP contribution in [0, 0.1) is 0 Å². The topological polar surface area (TPSA) is 52.0 Å². The molecule has 0 bridgehead atoms. The summed E-state index contributed by atoms with van der Waals surface area (Å²) < 4.78 is 19.5. The van der Waals surface area contributed by atoms with Crippen LogP contribution in [0.25, 0.3) is 0 Å². The summed E-state index contributed by atoms with van der Waals surface area (Å²) in [5, 5.41) is 0. The highest BCUT2D eigenvalue weighted by molar-refractivity contribution is 5.28. The smallest absolute Gasteiger partial charge is 0.238 e. The molecule has 15 heavy (non-hydrogen) atoms. The van der Waals surface area contributed by atoms with Gasteiger partial charge in [0.25, 0.3) is 0 Å². The van der Waals surface area contributed by atoms with E-state index in [4.69, 9.17) is 10.2 Å². The van der Waals surface area contributed by atoms with Crippen LogP contribution in [0.4, 0.5) is 4.39 Å². The van der Waals surface area contributed by atoms with Crippen molar-refractivity contribution in [3.8, 4) is 0 Å². The molecular formula is C11H11FN2O. The lowest BCUT2D eigenvalue weighted by Crippen LogP contribution is -2.31. The molecule has 1 atom stereocenters. The van der Waals surface area contributed by atoms with Crippen LogP contribution >= 0.6 is 0 Å². The fourth-order valence-corrected chi connectivity index (χ4v) is 1.45. The first-order chi connectivity index (χ1) is 7.27. The highest BCUT2D eigenvalue weighted by Crippen LogP contribution is 2.31. The lowest BCUT2D eigenvalue weighted by molar-refractivity contribution is 0.181. The molecule has 0 saturated carbocycles. The standard InChI is InChI=1S/C11H11FN2O/c12-11(8-13,10-14-6-7-15-10)9-4-2-1-3-5-9/h1-7H,8,13H2. The minimum atomic E-state index is -1.84. The monoisotopic (exact) mass is 206 g/mol. The molecule has 4 heteroatoms. The van der Waals surface area contributed by atoms with Crippen LogP contribution in [-0.2, 0) is 5.67 Å². The first-order valence-electron chi connectivity index (χ1n) is 4.62. The number of halogens is 1. The maximum atomic E-state index is 14.5. The predicted molar refractivity (Wildman–Crippen MR) is 53.9 cm³/mol. The molecule has 1 heterocycles. The lowest BCUT2D eigenvalue weighted by Gasteiger charge is -2.20. The molecule has 0 amide bonds. The van der Waals surface area contributed by atoms with E-state index in [2.05, 4.69) is 4.98 Å². The Morgan fingerprint density at radius 2 is 2.07 bits per heavy atom. The number of hydrogen-bond acceptors (Lipinski definition) is 3. The molecule has 1 aromatic carbocycles. The number of benzene rings is 1. The summed E-state index contributed by atoms with van der Waals surface area (Å²) in [7, 11) is 0. The fraction of sp³-hybridized carbons (Fsp3) is 0.182. The van der Waals surface area contributed by atoms with Crippen LogP contribution in [0.5, 0.6) is 0 Å². The molecule has 2 aromatic rings. The van der Waals surface area contributed by atoms with Gasteiger partial charge in [-0.15, -0.1) is 0 Å². The highest BCUT2D eigenvalue weighted by atomic mass is 19.1. The quantitative estimate of drug-likeness (QED) is 0.833. The number of nitrogens with two attached hydrogens (primary N) is 1. The van der Waals surface area contributed by atoms with E-state index in [0.29, 0.717) is 5.56 Å². The third-order valence-electron chi connectivity index (χ3n) is 2.28. The SMILES string of the molecule is NCC(F)(c1ccccc1)c1ncco1. The van der Waals surface area contributed by atoms with Gasteiger partial charge in [-0.25, -0.2) is 9.37 Å². The highest BCUT2D eigenvalue weighted by Gasteiger charge is 2.37. The van der Waals surface area contributed by atoms with Gasteiger partial charge in [-0.2, -0.15) is 0 Å². The van der Waals surface area contributed by atoms with E-state index in [1.807, 2.05) is 6.07 Å². The van der Waals surface area contributed by atoms with E-state index >= 15 is 0 Å². The predicted octanol–water partition coefficient (Wildman–Crippen LogP) is 1.85. The van der Waals surface area contributed by atoms with Gasteiger partial charge in [0.05, 0.1) is 6.20 Å². The molecule has 1 aromatic heterocycles. The molecule has 0 aliphatic carbocycles. The van der Waals surface area contributed by atoms with Gasteiger partial charge in [-0.1, -0.05) is 30.3 Å². The molecule has 0 aliphatic heterocycles. The van der Waals surface area contributed by atoms with Crippen molar-refractivity contribution in [2.75, 3.05) is 6.54 Å². The number of aromatic nitrogens is 1. The maximum Gasteiger partial charge on any atom is 0.238 e. The summed E-state index contributed by atoms with van der Waals surface area (Å²) in [5.74, 6) is -0.00352. The van der Waals surface area contributed by atoms with E-state index in [1.54, 1.807) is 24.3 Å². The van der Waals surface area contributed by atoms with Crippen LogP contribution in [0.3, 0.4) is 0 Å². The summed E-state index contributed by atoms with van der Waals surface area (Å²) in [4.78, 5) is 3.81. The van der Waals surface area contributed by atoms with Crippen molar-refractivity contribution in [3.05, 3.63) is 54.2 Å². The Kier molecular flexibility index (Phi) is 2.51. The second-order valence-electron chi connectivity index (χ2n) is 3.21. The molecular weight excluding hydrogens is 195 g/mol. The van der Waals surface area contributed by atoms with E-state index in [0.717, 1.165) is 0 Å². The Morgan fingerprint density at radius 3 is 2.60 bits per heavy atom. The molecule has 0 fully saturated rings. The number of oxazole rings is 1. The van der Waals surface area contributed by atoms with Gasteiger partial charge in [-0.3, -0.25) is 0 Å². The zero-order chi connectivity index (χ0) is 10.7. The zero-order valence-corrected chi connectivity index (χ0v) is 8.06. The molecule has 0 aliphatic rings. The zero-order valence-electron chi connectivity index (χ0n) is 8.06. The Bertz CT molecular complexity index is 415. The first kappa shape index (κ1) is 9.86. The van der Waals surface area contributed by atoms with Gasteiger partial charge in [0, 0.05) is 6.54 Å². The molecule has 0 radical (unpaired) electrons. The van der Waals surface area contributed by atoms with Gasteiger partial charge < -0.3 is 10.2 Å². The van der Waals surface area contributed by atoms with Crippen LogP contribution in [0.2, 0.25) is 0 Å². The molecule has 1 unspecified atom stereocenters. The largest absolute Gasteiger partial charge is 0.445 e. The molecule has 0 spiro atoms. The van der Waals surface area contributed by atoms with Crippen molar-refractivity contribution in [2.45, 2.75) is 5.67 Å². The third kappa shape index (κ3) is 1.64. The Labute approximate surface area is 86.7 Å². The summed E-state index contributed by atoms with van der Waals surface area (Å²) in [6.45, 7) is -0.197. The van der Waals surface area contributed by atoms with Gasteiger partial charge in [0.2, 0.25) is 11.6 Å². The van der Waals surface area contributed by atoms with E-state index < -0.39 is 5.67 Å². The van der Waals surface area contributed by atoms with Gasteiger partial charge >= 0.3 is 0 Å². The number of alkyl halides is 1. The fourth-order valence-electron chi connectivity index (χ4n) is 1.45. The number of hydrogen-bond donors (Lipinski definition) is 1. The summed E-state index contributed by atoms with van der Waals surface area (Å²) in [5.41, 5.74) is 4.07. The van der Waals surface area contributed by atoms with Crippen LogP contribution in [0.1, 0.15) is 11.5 Å². The van der Waals surface area contributed by atoms with Crippen LogP contribution in [0.15, 0.2) is 47.2 Å². The van der Waals surface area contributed by atoms with Crippen molar-refractivity contribution in [1.29, 1.82) is 0 Å². The van der Waals surface area contributed by atoms with Gasteiger partial charge in [-0.05, 0) is 5.56 Å². The Morgan fingerprint density at radius 1 is 1.33 bits per heavy atom. The summed E-state index contributed by atoms with van der Waals surface area (Å²) in [6.07, 6.45) is 2.74. The molecule has 0 saturated heterocycles. The summed E-state index contributed by atoms with van der Waals surface area (Å²) in [6, 6.07) is 8.65. The number of nitrogens with zero attached hydrogens (tertiary/aromatic N) is 1. The van der Waals surface area contributed by atoms with E-state index in [-0.39, 0.29) is 12.4 Å². The van der Waals surface area contributed by atoms with E-state index in [9.17, 15) is 4.39 Å². The van der Waals surface area contributed by atoms with Crippen molar-refractivity contribution in [2.24, 2.45) is 5.73 Å². The molecule has 2 N–H and O–H groups in total. The minimum absolute atomic E-state index is 0.00352. The molecule has 78 valence electrons. The summed E-state index contributed by atoms with van der Waals surface area (Å²) >= 11 is 0. The average molecular weight is 206 g/mol. The maximum absolute atomic E-state index is 14.5. The van der Waals surface area contributed by atoms with Crippen molar-refractivity contribution in [1.82, 2.24) is 4.98 Å².